The fourth-order valence-corrected chi connectivity index (χ4v) is 3.22. The van der Waals surface area contributed by atoms with Gasteiger partial charge in [-0.1, -0.05) is 0 Å². The van der Waals surface area contributed by atoms with Gasteiger partial charge in [0.2, 0.25) is 0 Å². The minimum absolute atomic E-state index is 0.164. The zero-order valence-corrected chi connectivity index (χ0v) is 12.9. The van der Waals surface area contributed by atoms with Crippen molar-refractivity contribution in [3.8, 4) is 0 Å². The Hall–Kier alpha value is -0.460. The van der Waals surface area contributed by atoms with Gasteiger partial charge < -0.3 is 5.32 Å². The number of hydrogen-bond donors (Lipinski definition) is 1. The molecule has 2 rings (SSSR count). The summed E-state index contributed by atoms with van der Waals surface area (Å²) >= 11 is 2.25. The number of hydrogen-bond acceptors (Lipinski definition) is 1. The van der Waals surface area contributed by atoms with Crippen LogP contribution in [0.1, 0.15) is 31.2 Å². The molecule has 1 aliphatic rings. The van der Waals surface area contributed by atoms with E-state index in [1.54, 1.807) is 0 Å². The van der Waals surface area contributed by atoms with Crippen molar-refractivity contribution in [1.82, 2.24) is 0 Å². The fraction of sp³-hybridized carbons (Fsp3) is 0.571. The summed E-state index contributed by atoms with van der Waals surface area (Å²) in [6.45, 7) is 2.02. The zero-order valence-electron chi connectivity index (χ0n) is 10.7. The lowest BCUT2D eigenvalue weighted by molar-refractivity contribution is -0.182. The maximum absolute atomic E-state index is 12.6. The molecular formula is C14H17F3IN. The van der Waals surface area contributed by atoms with Crippen LogP contribution in [0.2, 0.25) is 0 Å². The molecule has 1 aromatic rings. The predicted octanol–water partition coefficient (Wildman–Crippen LogP) is 5.13. The van der Waals surface area contributed by atoms with E-state index in [0.717, 1.165) is 11.3 Å². The number of rotatable bonds is 2. The van der Waals surface area contributed by atoms with Gasteiger partial charge in [-0.05, 0) is 79.0 Å². The molecule has 0 heterocycles. The number of benzene rings is 1. The normalized spacial score (nSPS) is 24.3. The molecule has 1 nitrogen and oxygen atoms in total. The average molecular weight is 383 g/mol. The summed E-state index contributed by atoms with van der Waals surface area (Å²) in [7, 11) is 0. The smallest absolute Gasteiger partial charge is 0.382 e. The molecule has 0 radical (unpaired) electrons. The van der Waals surface area contributed by atoms with E-state index in [0.29, 0.717) is 12.8 Å². The Labute approximate surface area is 125 Å². The SMILES string of the molecule is Cc1cc(I)ccc1NC1CCC(C(F)(F)F)CC1. The van der Waals surface area contributed by atoms with Crippen LogP contribution in [0, 0.1) is 16.4 Å². The first kappa shape index (κ1) is 14.9. The Morgan fingerprint density at radius 2 is 1.79 bits per heavy atom. The lowest BCUT2D eigenvalue weighted by atomic mass is 9.85. The Balaban J connectivity index is 1.92. The quantitative estimate of drug-likeness (QED) is 0.698. The summed E-state index contributed by atoms with van der Waals surface area (Å²) in [5, 5.41) is 3.38. The summed E-state index contributed by atoms with van der Waals surface area (Å²) in [6.07, 6.45) is -2.36. The highest BCUT2D eigenvalue weighted by Crippen LogP contribution is 2.38. The van der Waals surface area contributed by atoms with Crippen LogP contribution in [0.25, 0.3) is 0 Å². The first-order valence-corrected chi connectivity index (χ1v) is 7.53. The number of aryl methyl sites for hydroxylation is 1. The summed E-state index contributed by atoms with van der Waals surface area (Å²) in [5.41, 5.74) is 2.18. The van der Waals surface area contributed by atoms with Crippen molar-refractivity contribution >= 4 is 28.3 Å². The van der Waals surface area contributed by atoms with E-state index in [9.17, 15) is 13.2 Å². The van der Waals surface area contributed by atoms with E-state index in [1.165, 1.54) is 3.57 Å². The van der Waals surface area contributed by atoms with Crippen LogP contribution < -0.4 is 5.32 Å². The maximum atomic E-state index is 12.6. The molecule has 5 heteroatoms. The minimum atomic E-state index is -4.02. The number of anilines is 1. The third-order valence-corrected chi connectivity index (χ3v) is 4.41. The Morgan fingerprint density at radius 3 is 2.32 bits per heavy atom. The highest BCUT2D eigenvalue weighted by Gasteiger charge is 2.41. The molecule has 0 atom stereocenters. The van der Waals surface area contributed by atoms with Gasteiger partial charge in [0, 0.05) is 15.3 Å². The van der Waals surface area contributed by atoms with Crippen LogP contribution >= 0.6 is 22.6 Å². The molecule has 19 heavy (non-hydrogen) atoms. The molecule has 1 N–H and O–H groups in total. The van der Waals surface area contributed by atoms with Gasteiger partial charge in [0.15, 0.2) is 0 Å². The summed E-state index contributed by atoms with van der Waals surface area (Å²) in [6, 6.07) is 6.26. The average Bonchev–Trinajstić information content (AvgIpc) is 2.32. The van der Waals surface area contributed by atoms with Crippen LogP contribution in [-0.2, 0) is 0 Å². The van der Waals surface area contributed by atoms with E-state index >= 15 is 0 Å². The molecule has 0 aromatic heterocycles. The summed E-state index contributed by atoms with van der Waals surface area (Å²) in [5.74, 6) is -1.11. The molecule has 0 saturated heterocycles. The van der Waals surface area contributed by atoms with Gasteiger partial charge in [-0.15, -0.1) is 0 Å². The largest absolute Gasteiger partial charge is 0.391 e. The Kier molecular flexibility index (Phi) is 4.63. The minimum Gasteiger partial charge on any atom is -0.382 e. The first-order chi connectivity index (χ1) is 8.86. The van der Waals surface area contributed by atoms with Crippen LogP contribution in [0.15, 0.2) is 18.2 Å². The third-order valence-electron chi connectivity index (χ3n) is 3.74. The predicted molar refractivity (Wildman–Crippen MR) is 79.3 cm³/mol. The van der Waals surface area contributed by atoms with Crippen molar-refractivity contribution in [3.05, 3.63) is 27.3 Å². The molecule has 1 fully saturated rings. The summed E-state index contributed by atoms with van der Waals surface area (Å²) in [4.78, 5) is 0. The maximum Gasteiger partial charge on any atom is 0.391 e. The van der Waals surface area contributed by atoms with Gasteiger partial charge in [0.1, 0.15) is 0 Å². The molecule has 0 unspecified atom stereocenters. The topological polar surface area (TPSA) is 12.0 Å². The lowest BCUT2D eigenvalue weighted by Crippen LogP contribution is -2.32. The van der Waals surface area contributed by atoms with Crippen LogP contribution in [-0.4, -0.2) is 12.2 Å². The van der Waals surface area contributed by atoms with Gasteiger partial charge in [0.05, 0.1) is 5.92 Å². The standard InChI is InChI=1S/C14H17F3IN/c1-9-8-11(18)4-7-13(9)19-12-5-2-10(3-6-12)14(15,16)17/h4,7-8,10,12,19H,2-3,5-6H2,1H3. The van der Waals surface area contributed by atoms with E-state index in [4.69, 9.17) is 0 Å². The van der Waals surface area contributed by atoms with Gasteiger partial charge in [-0.3, -0.25) is 0 Å². The van der Waals surface area contributed by atoms with E-state index < -0.39 is 12.1 Å². The lowest BCUT2D eigenvalue weighted by Gasteiger charge is -2.31. The molecule has 1 aromatic carbocycles. The molecule has 1 saturated carbocycles. The van der Waals surface area contributed by atoms with Crippen molar-refractivity contribution in [2.24, 2.45) is 5.92 Å². The Bertz CT molecular complexity index is 437. The molecule has 0 spiro atoms. The highest BCUT2D eigenvalue weighted by atomic mass is 127. The number of halogens is 4. The number of alkyl halides is 3. The van der Waals surface area contributed by atoms with Crippen LogP contribution in [0.4, 0.5) is 18.9 Å². The van der Waals surface area contributed by atoms with Gasteiger partial charge in [-0.25, -0.2) is 0 Å². The fourth-order valence-electron chi connectivity index (χ4n) is 2.57. The molecule has 106 valence electrons. The third kappa shape index (κ3) is 4.00. The first-order valence-electron chi connectivity index (χ1n) is 6.45. The highest BCUT2D eigenvalue weighted by molar-refractivity contribution is 14.1. The Morgan fingerprint density at radius 1 is 1.16 bits per heavy atom. The van der Waals surface area contributed by atoms with Gasteiger partial charge in [-0.2, -0.15) is 13.2 Å². The zero-order chi connectivity index (χ0) is 14.0. The second kappa shape index (κ2) is 5.89. The number of nitrogens with one attached hydrogen (secondary N) is 1. The molecule has 0 amide bonds. The summed E-state index contributed by atoms with van der Waals surface area (Å²) < 4.78 is 38.9. The van der Waals surface area contributed by atoms with Gasteiger partial charge >= 0.3 is 6.18 Å². The molecule has 1 aliphatic carbocycles. The van der Waals surface area contributed by atoms with E-state index in [-0.39, 0.29) is 18.9 Å². The van der Waals surface area contributed by atoms with Crippen molar-refractivity contribution in [1.29, 1.82) is 0 Å². The van der Waals surface area contributed by atoms with Crippen molar-refractivity contribution in [2.45, 2.75) is 44.8 Å². The van der Waals surface area contributed by atoms with Crippen molar-refractivity contribution < 1.29 is 13.2 Å². The second-order valence-corrected chi connectivity index (χ2v) is 6.44. The van der Waals surface area contributed by atoms with Gasteiger partial charge in [0.25, 0.3) is 0 Å². The van der Waals surface area contributed by atoms with E-state index in [2.05, 4.69) is 34.0 Å². The van der Waals surface area contributed by atoms with Crippen LogP contribution in [0.5, 0.6) is 0 Å². The second-order valence-electron chi connectivity index (χ2n) is 5.19. The van der Waals surface area contributed by atoms with Crippen molar-refractivity contribution in [3.63, 3.8) is 0 Å². The monoisotopic (exact) mass is 383 g/mol. The van der Waals surface area contributed by atoms with Crippen LogP contribution in [0.3, 0.4) is 0 Å². The molecule has 0 bridgehead atoms. The van der Waals surface area contributed by atoms with Crippen molar-refractivity contribution in [2.75, 3.05) is 5.32 Å². The molecule has 0 aliphatic heterocycles. The van der Waals surface area contributed by atoms with E-state index in [1.807, 2.05) is 19.1 Å². The molecular weight excluding hydrogens is 366 g/mol.